The average Bonchev–Trinajstić information content (AvgIpc) is 3.17. The first-order chi connectivity index (χ1) is 14.6. The zero-order valence-corrected chi connectivity index (χ0v) is 19.7. The summed E-state index contributed by atoms with van der Waals surface area (Å²) in [6.07, 6.45) is 5.97. The molecule has 8 heteroatoms. The van der Waals surface area contributed by atoms with Gasteiger partial charge in [-0.15, -0.1) is 0 Å². The van der Waals surface area contributed by atoms with Crippen molar-refractivity contribution < 1.29 is 5.11 Å². The Morgan fingerprint density at radius 2 is 2.13 bits per heavy atom. The molecule has 2 N–H and O–H groups in total. The highest BCUT2D eigenvalue weighted by atomic mass is 127. The molecule has 1 atom stereocenters. The molecule has 2 aromatic heterocycles. The van der Waals surface area contributed by atoms with Crippen LogP contribution in [0.4, 0.5) is 11.8 Å². The maximum atomic E-state index is 9.53. The van der Waals surface area contributed by atoms with E-state index in [9.17, 15) is 5.11 Å². The molecule has 0 spiro atoms. The van der Waals surface area contributed by atoms with Gasteiger partial charge in [-0.05, 0) is 79.8 Å². The number of aromatic nitrogens is 4. The second kappa shape index (κ2) is 9.47. The topological polar surface area (TPSA) is 79.1 Å². The summed E-state index contributed by atoms with van der Waals surface area (Å²) in [6.45, 7) is 6.05. The number of nitrogens with zero attached hydrogens (tertiary/aromatic N) is 5. The van der Waals surface area contributed by atoms with E-state index in [4.69, 9.17) is 9.97 Å². The second-order valence-corrected chi connectivity index (χ2v) is 9.37. The van der Waals surface area contributed by atoms with Crippen LogP contribution in [0.15, 0.2) is 30.6 Å². The molecule has 4 rings (SSSR count). The van der Waals surface area contributed by atoms with Crippen molar-refractivity contribution >= 4 is 45.5 Å². The van der Waals surface area contributed by atoms with Crippen LogP contribution in [-0.2, 0) is 6.54 Å². The Bertz CT molecular complexity index is 1000. The molecule has 3 heterocycles. The minimum Gasteiger partial charge on any atom is -0.396 e. The molecule has 1 fully saturated rings. The van der Waals surface area contributed by atoms with Crippen LogP contribution < -0.4 is 10.2 Å². The lowest BCUT2D eigenvalue weighted by atomic mass is 10.0. The van der Waals surface area contributed by atoms with E-state index in [0.717, 1.165) is 48.7 Å². The molecular weight excluding hydrogens is 491 g/mol. The van der Waals surface area contributed by atoms with Gasteiger partial charge in [0.2, 0.25) is 5.95 Å². The van der Waals surface area contributed by atoms with E-state index in [0.29, 0.717) is 6.54 Å². The number of piperidine rings is 1. The summed E-state index contributed by atoms with van der Waals surface area (Å²) < 4.78 is 3.31. The average molecular weight is 520 g/mol. The monoisotopic (exact) mass is 520 g/mol. The number of nitrogens with one attached hydrogen (secondary N) is 1. The van der Waals surface area contributed by atoms with E-state index in [1.165, 1.54) is 15.6 Å². The Labute approximate surface area is 191 Å². The molecule has 1 aliphatic heterocycles. The highest BCUT2D eigenvalue weighted by Crippen LogP contribution is 2.29. The third kappa shape index (κ3) is 4.54. The minimum atomic E-state index is 0.186. The van der Waals surface area contributed by atoms with Gasteiger partial charge in [0.1, 0.15) is 0 Å². The number of aliphatic hydroxyl groups excluding tert-OH is 1. The SMILES string of the molecule is CC(C)n1cnc2c(NCc3cccc(I)c3)nc(N3CCCCC3CCO)nc21. The van der Waals surface area contributed by atoms with Crippen molar-refractivity contribution in [2.75, 3.05) is 23.4 Å². The van der Waals surface area contributed by atoms with Gasteiger partial charge in [-0.2, -0.15) is 9.97 Å². The molecular formula is C22H29IN6O. The van der Waals surface area contributed by atoms with Gasteiger partial charge in [0, 0.05) is 35.4 Å². The standard InChI is InChI=1S/C22H29IN6O/c1-15(2)29-14-25-19-20(24-13-16-6-5-7-17(23)12-16)26-22(27-21(19)29)28-10-4-3-8-18(28)9-11-30/h5-7,12,14-15,18,30H,3-4,8-11,13H2,1-2H3,(H,24,26,27). The predicted octanol–water partition coefficient (Wildman–Crippen LogP) is 4.37. The molecule has 0 amide bonds. The molecule has 0 bridgehead atoms. The van der Waals surface area contributed by atoms with Crippen LogP contribution in [0.3, 0.4) is 0 Å². The Balaban J connectivity index is 1.72. The fourth-order valence-electron chi connectivity index (χ4n) is 4.08. The van der Waals surface area contributed by atoms with Gasteiger partial charge in [-0.25, -0.2) is 4.98 Å². The summed E-state index contributed by atoms with van der Waals surface area (Å²) in [7, 11) is 0. The number of hydrogen-bond acceptors (Lipinski definition) is 6. The van der Waals surface area contributed by atoms with E-state index in [1.807, 2.05) is 6.33 Å². The molecule has 1 saturated heterocycles. The first-order valence-electron chi connectivity index (χ1n) is 10.7. The van der Waals surface area contributed by atoms with Crippen molar-refractivity contribution in [2.24, 2.45) is 0 Å². The number of benzene rings is 1. The number of halogens is 1. The van der Waals surface area contributed by atoms with Gasteiger partial charge in [0.15, 0.2) is 17.0 Å². The van der Waals surface area contributed by atoms with Crippen LogP contribution in [0.25, 0.3) is 11.2 Å². The van der Waals surface area contributed by atoms with Crippen LogP contribution in [0.2, 0.25) is 0 Å². The number of hydrogen-bond donors (Lipinski definition) is 2. The summed E-state index contributed by atoms with van der Waals surface area (Å²) in [5.41, 5.74) is 2.86. The second-order valence-electron chi connectivity index (χ2n) is 8.13. The van der Waals surface area contributed by atoms with Crippen molar-refractivity contribution in [3.63, 3.8) is 0 Å². The molecule has 1 unspecified atom stereocenters. The van der Waals surface area contributed by atoms with Gasteiger partial charge in [0.25, 0.3) is 0 Å². The molecule has 3 aromatic rings. The van der Waals surface area contributed by atoms with Gasteiger partial charge < -0.3 is 19.9 Å². The summed E-state index contributed by atoms with van der Waals surface area (Å²) in [5, 5.41) is 13.0. The third-order valence-corrected chi connectivity index (χ3v) is 6.33. The number of fused-ring (bicyclic) bond motifs is 1. The molecule has 0 radical (unpaired) electrons. The Kier molecular flexibility index (Phi) is 6.72. The molecule has 160 valence electrons. The van der Waals surface area contributed by atoms with Crippen LogP contribution >= 0.6 is 22.6 Å². The first-order valence-corrected chi connectivity index (χ1v) is 11.7. The van der Waals surface area contributed by atoms with Crippen LogP contribution in [0.1, 0.15) is 51.1 Å². The number of rotatable bonds is 7. The van der Waals surface area contributed by atoms with Gasteiger partial charge >= 0.3 is 0 Å². The molecule has 0 saturated carbocycles. The van der Waals surface area contributed by atoms with Crippen molar-refractivity contribution in [3.05, 3.63) is 39.7 Å². The van der Waals surface area contributed by atoms with Gasteiger partial charge in [-0.3, -0.25) is 0 Å². The summed E-state index contributed by atoms with van der Waals surface area (Å²) in [6, 6.07) is 8.98. The van der Waals surface area contributed by atoms with Gasteiger partial charge in [-0.1, -0.05) is 12.1 Å². The van der Waals surface area contributed by atoms with Gasteiger partial charge in [0.05, 0.1) is 6.33 Å². The lowest BCUT2D eigenvalue weighted by molar-refractivity contribution is 0.262. The molecule has 7 nitrogen and oxygen atoms in total. The predicted molar refractivity (Wildman–Crippen MR) is 129 cm³/mol. The maximum absolute atomic E-state index is 9.53. The van der Waals surface area contributed by atoms with E-state index in [2.05, 4.69) is 80.5 Å². The Morgan fingerprint density at radius 3 is 2.90 bits per heavy atom. The molecule has 1 aromatic carbocycles. The largest absolute Gasteiger partial charge is 0.396 e. The third-order valence-electron chi connectivity index (χ3n) is 5.66. The first kappa shape index (κ1) is 21.3. The fourth-order valence-corrected chi connectivity index (χ4v) is 4.69. The van der Waals surface area contributed by atoms with Crippen LogP contribution in [0.5, 0.6) is 0 Å². The molecule has 0 aliphatic carbocycles. The van der Waals surface area contributed by atoms with E-state index in [1.54, 1.807) is 0 Å². The molecule has 30 heavy (non-hydrogen) atoms. The zero-order valence-electron chi connectivity index (χ0n) is 17.6. The highest BCUT2D eigenvalue weighted by Gasteiger charge is 2.26. The zero-order chi connectivity index (χ0) is 21.1. The summed E-state index contributed by atoms with van der Waals surface area (Å²) in [5.74, 6) is 1.50. The summed E-state index contributed by atoms with van der Waals surface area (Å²) in [4.78, 5) is 16.7. The maximum Gasteiger partial charge on any atom is 0.229 e. The number of aliphatic hydroxyl groups is 1. The van der Waals surface area contributed by atoms with E-state index in [-0.39, 0.29) is 18.7 Å². The quantitative estimate of drug-likeness (QED) is 0.451. The smallest absolute Gasteiger partial charge is 0.229 e. The fraction of sp³-hybridized carbons (Fsp3) is 0.500. The minimum absolute atomic E-state index is 0.186. The van der Waals surface area contributed by atoms with Crippen molar-refractivity contribution in [1.82, 2.24) is 19.5 Å². The van der Waals surface area contributed by atoms with Crippen LogP contribution in [0, 0.1) is 3.57 Å². The van der Waals surface area contributed by atoms with E-state index < -0.39 is 0 Å². The highest BCUT2D eigenvalue weighted by molar-refractivity contribution is 14.1. The Hall–Kier alpha value is -1.94. The lowest BCUT2D eigenvalue weighted by Crippen LogP contribution is -2.41. The Morgan fingerprint density at radius 1 is 1.27 bits per heavy atom. The van der Waals surface area contributed by atoms with Crippen molar-refractivity contribution in [3.8, 4) is 0 Å². The normalized spacial score (nSPS) is 17.1. The van der Waals surface area contributed by atoms with Crippen LogP contribution in [-0.4, -0.2) is 43.8 Å². The van der Waals surface area contributed by atoms with Crippen molar-refractivity contribution in [1.29, 1.82) is 0 Å². The lowest BCUT2D eigenvalue weighted by Gasteiger charge is -2.35. The van der Waals surface area contributed by atoms with E-state index >= 15 is 0 Å². The summed E-state index contributed by atoms with van der Waals surface area (Å²) >= 11 is 2.33. The number of imidazole rings is 1. The van der Waals surface area contributed by atoms with Crippen molar-refractivity contribution in [2.45, 2.75) is 58.2 Å². The number of anilines is 2. The molecule has 1 aliphatic rings.